The second-order valence-electron chi connectivity index (χ2n) is 5.72. The average Bonchev–Trinajstić information content (AvgIpc) is 2.55. The monoisotopic (exact) mass is 286 g/mol. The van der Waals surface area contributed by atoms with Gasteiger partial charge in [-0.3, -0.25) is 9.78 Å². The van der Waals surface area contributed by atoms with Crippen molar-refractivity contribution in [1.82, 2.24) is 9.88 Å². The third kappa shape index (κ3) is 4.69. The van der Waals surface area contributed by atoms with Gasteiger partial charge in [0.2, 0.25) is 5.91 Å². The largest absolute Gasteiger partial charge is 0.332 e. The van der Waals surface area contributed by atoms with Gasteiger partial charge in [0.05, 0.1) is 6.04 Å². The summed E-state index contributed by atoms with van der Waals surface area (Å²) in [4.78, 5) is 18.7. The maximum atomic E-state index is 12.5. The van der Waals surface area contributed by atoms with Gasteiger partial charge < -0.3 is 4.90 Å². The molecule has 1 aliphatic heterocycles. The number of carbonyl (C=O) groups is 1. The van der Waals surface area contributed by atoms with E-state index in [-0.39, 0.29) is 11.9 Å². The summed E-state index contributed by atoms with van der Waals surface area (Å²) in [5.74, 6) is 0.282. The van der Waals surface area contributed by atoms with E-state index in [4.69, 9.17) is 0 Å². The summed E-state index contributed by atoms with van der Waals surface area (Å²) in [6, 6.07) is 4.17. The molecule has 0 radical (unpaired) electrons. The highest BCUT2D eigenvalue weighted by Crippen LogP contribution is 2.28. The number of unbranched alkanes of at least 4 members (excludes halogenated alkanes) is 4. The molecule has 1 atom stereocenters. The molecule has 0 spiro atoms. The second-order valence-corrected chi connectivity index (χ2v) is 5.72. The predicted molar refractivity (Wildman–Crippen MR) is 85.8 cm³/mol. The molecule has 1 amide bonds. The van der Waals surface area contributed by atoms with E-state index in [1.54, 1.807) is 6.20 Å². The van der Waals surface area contributed by atoms with Crippen LogP contribution in [0.5, 0.6) is 0 Å². The smallest absolute Gasteiger partial charge is 0.223 e. The van der Waals surface area contributed by atoms with Gasteiger partial charge in [-0.2, -0.15) is 0 Å². The van der Waals surface area contributed by atoms with Crippen LogP contribution < -0.4 is 0 Å². The van der Waals surface area contributed by atoms with Crippen LogP contribution in [0.25, 0.3) is 0 Å². The van der Waals surface area contributed by atoms with Crippen molar-refractivity contribution in [3.05, 3.63) is 42.2 Å². The molecule has 1 aliphatic rings. The molecule has 0 N–H and O–H groups in total. The van der Waals surface area contributed by atoms with Crippen molar-refractivity contribution in [2.75, 3.05) is 6.54 Å². The Morgan fingerprint density at radius 2 is 2.14 bits per heavy atom. The maximum Gasteiger partial charge on any atom is 0.223 e. The first-order chi connectivity index (χ1) is 10.3. The molecule has 1 aromatic heterocycles. The Morgan fingerprint density at radius 1 is 1.29 bits per heavy atom. The summed E-state index contributed by atoms with van der Waals surface area (Å²) in [6.07, 6.45) is 15.4. The van der Waals surface area contributed by atoms with E-state index >= 15 is 0 Å². The molecule has 2 heterocycles. The van der Waals surface area contributed by atoms with E-state index in [0.717, 1.165) is 24.9 Å². The molecule has 1 aromatic rings. The van der Waals surface area contributed by atoms with Crippen molar-refractivity contribution in [2.24, 2.45) is 0 Å². The Kier molecular flexibility index (Phi) is 6.45. The fraction of sp³-hybridized carbons (Fsp3) is 0.556. The van der Waals surface area contributed by atoms with Crippen LogP contribution in [0.3, 0.4) is 0 Å². The van der Waals surface area contributed by atoms with Gasteiger partial charge in [0, 0.05) is 25.4 Å². The molecule has 21 heavy (non-hydrogen) atoms. The summed E-state index contributed by atoms with van der Waals surface area (Å²) >= 11 is 0. The number of carbonyl (C=O) groups excluding carboxylic acids is 1. The third-order valence-corrected chi connectivity index (χ3v) is 4.09. The van der Waals surface area contributed by atoms with Crippen LogP contribution in [0.2, 0.25) is 0 Å². The summed E-state index contributed by atoms with van der Waals surface area (Å²) < 4.78 is 0. The molecule has 2 rings (SSSR count). The van der Waals surface area contributed by atoms with Crippen molar-refractivity contribution in [2.45, 2.75) is 57.9 Å². The minimum atomic E-state index is 0.159. The molecule has 0 fully saturated rings. The lowest BCUT2D eigenvalue weighted by atomic mass is 9.99. The van der Waals surface area contributed by atoms with Crippen LogP contribution in [0.1, 0.15) is 63.5 Å². The van der Waals surface area contributed by atoms with E-state index in [2.05, 4.69) is 30.1 Å². The van der Waals surface area contributed by atoms with Crippen molar-refractivity contribution < 1.29 is 4.79 Å². The molecular formula is C18H26N2O. The molecule has 0 bridgehead atoms. The highest BCUT2D eigenvalue weighted by atomic mass is 16.2. The number of aromatic nitrogens is 1. The van der Waals surface area contributed by atoms with Crippen LogP contribution >= 0.6 is 0 Å². The van der Waals surface area contributed by atoms with Gasteiger partial charge in [0.25, 0.3) is 0 Å². The Bertz CT molecular complexity index is 456. The molecule has 0 saturated carbocycles. The lowest BCUT2D eigenvalue weighted by Gasteiger charge is -2.33. The summed E-state index contributed by atoms with van der Waals surface area (Å²) in [5.41, 5.74) is 1.14. The minimum Gasteiger partial charge on any atom is -0.332 e. The quantitative estimate of drug-likeness (QED) is 0.554. The zero-order valence-corrected chi connectivity index (χ0v) is 13.0. The Balaban J connectivity index is 1.90. The highest BCUT2D eigenvalue weighted by molar-refractivity contribution is 5.77. The SMILES string of the molecule is CCCCCCCC(=O)N1CC=CC[C@H]1c1cccnc1. The van der Waals surface area contributed by atoms with Crippen LogP contribution in [-0.2, 0) is 4.79 Å². The van der Waals surface area contributed by atoms with Gasteiger partial charge in [0.15, 0.2) is 0 Å². The van der Waals surface area contributed by atoms with E-state index in [1.807, 2.05) is 17.2 Å². The maximum absolute atomic E-state index is 12.5. The Morgan fingerprint density at radius 3 is 2.90 bits per heavy atom. The minimum absolute atomic E-state index is 0.159. The highest BCUT2D eigenvalue weighted by Gasteiger charge is 2.25. The van der Waals surface area contributed by atoms with E-state index in [0.29, 0.717) is 6.42 Å². The summed E-state index contributed by atoms with van der Waals surface area (Å²) in [5, 5.41) is 0. The van der Waals surface area contributed by atoms with Crippen molar-refractivity contribution >= 4 is 5.91 Å². The number of nitrogens with zero attached hydrogens (tertiary/aromatic N) is 2. The van der Waals surface area contributed by atoms with Gasteiger partial charge in [-0.1, -0.05) is 50.8 Å². The zero-order chi connectivity index (χ0) is 14.9. The fourth-order valence-corrected chi connectivity index (χ4v) is 2.86. The Labute approximate surface area is 128 Å². The average molecular weight is 286 g/mol. The molecule has 114 valence electrons. The van der Waals surface area contributed by atoms with Crippen molar-refractivity contribution in [1.29, 1.82) is 0 Å². The second kappa shape index (κ2) is 8.60. The van der Waals surface area contributed by atoms with Crippen LogP contribution in [0.15, 0.2) is 36.7 Å². The lowest BCUT2D eigenvalue weighted by molar-refractivity contribution is -0.133. The first-order valence-corrected chi connectivity index (χ1v) is 8.17. The molecule has 0 unspecified atom stereocenters. The summed E-state index contributed by atoms with van der Waals surface area (Å²) in [6.45, 7) is 2.94. The van der Waals surface area contributed by atoms with E-state index in [1.165, 1.54) is 25.7 Å². The molecule has 3 nitrogen and oxygen atoms in total. The van der Waals surface area contributed by atoms with Crippen molar-refractivity contribution in [3.8, 4) is 0 Å². The fourth-order valence-electron chi connectivity index (χ4n) is 2.86. The summed E-state index contributed by atoms with van der Waals surface area (Å²) in [7, 11) is 0. The number of pyridine rings is 1. The molecule has 0 aliphatic carbocycles. The first kappa shape index (κ1) is 15.7. The van der Waals surface area contributed by atoms with E-state index < -0.39 is 0 Å². The molecule has 3 heteroatoms. The van der Waals surface area contributed by atoms with Gasteiger partial charge in [0.1, 0.15) is 0 Å². The van der Waals surface area contributed by atoms with Crippen molar-refractivity contribution in [3.63, 3.8) is 0 Å². The topological polar surface area (TPSA) is 33.2 Å². The van der Waals surface area contributed by atoms with Crippen LogP contribution in [0, 0.1) is 0 Å². The van der Waals surface area contributed by atoms with Crippen LogP contribution in [-0.4, -0.2) is 22.3 Å². The number of hydrogen-bond acceptors (Lipinski definition) is 2. The molecule has 0 aromatic carbocycles. The van der Waals surface area contributed by atoms with Gasteiger partial charge >= 0.3 is 0 Å². The normalized spacial score (nSPS) is 18.0. The standard InChI is InChI=1S/C18H26N2O/c1-2-3-4-5-6-12-18(21)20-14-8-7-11-17(20)16-10-9-13-19-15-16/h7-10,13,15,17H,2-6,11-12,14H2,1H3/t17-/m0/s1. The Hall–Kier alpha value is -1.64. The number of rotatable bonds is 7. The first-order valence-electron chi connectivity index (χ1n) is 8.17. The third-order valence-electron chi connectivity index (χ3n) is 4.09. The lowest BCUT2D eigenvalue weighted by Crippen LogP contribution is -2.36. The van der Waals surface area contributed by atoms with E-state index in [9.17, 15) is 4.79 Å². The van der Waals surface area contributed by atoms with Crippen LogP contribution in [0.4, 0.5) is 0 Å². The van der Waals surface area contributed by atoms with Gasteiger partial charge in [-0.05, 0) is 24.5 Å². The number of amides is 1. The molecule has 0 saturated heterocycles. The predicted octanol–water partition coefficient (Wildman–Crippen LogP) is 4.27. The zero-order valence-electron chi connectivity index (χ0n) is 13.0. The molecular weight excluding hydrogens is 260 g/mol. The van der Waals surface area contributed by atoms with Gasteiger partial charge in [-0.15, -0.1) is 0 Å². The van der Waals surface area contributed by atoms with Gasteiger partial charge in [-0.25, -0.2) is 0 Å². The number of hydrogen-bond donors (Lipinski definition) is 0.